The molecule has 1 aromatic carbocycles. The van der Waals surface area contributed by atoms with Gasteiger partial charge < -0.3 is 9.72 Å². The lowest BCUT2D eigenvalue weighted by Crippen LogP contribution is -2.36. The Hall–Kier alpha value is -2.42. The van der Waals surface area contributed by atoms with Crippen molar-refractivity contribution >= 4 is 0 Å². The van der Waals surface area contributed by atoms with Gasteiger partial charge in [0, 0.05) is 31.6 Å². The number of hydrogen-bond acceptors (Lipinski definition) is 4. The van der Waals surface area contributed by atoms with Crippen molar-refractivity contribution in [1.29, 1.82) is 0 Å². The largest absolute Gasteiger partial charge is 0.497 e. The standard InChI is InChI=1S/C16H15F4N3O2/c1-25-10-2-3-12(17)9(6-10)7-23-5-4-13-11(8-23)14(24)22-15(21-13)16(18,19)20/h2-3,6H,4-5,7-8H2,1H3,(H,21,22,24). The van der Waals surface area contributed by atoms with Crippen molar-refractivity contribution in [2.24, 2.45) is 0 Å². The molecule has 3 rings (SSSR count). The molecular formula is C16H15F4N3O2. The van der Waals surface area contributed by atoms with Crippen molar-refractivity contribution < 1.29 is 22.3 Å². The second-order valence-corrected chi connectivity index (χ2v) is 5.76. The van der Waals surface area contributed by atoms with E-state index in [-0.39, 0.29) is 30.8 Å². The fourth-order valence-electron chi connectivity index (χ4n) is 2.79. The Morgan fingerprint density at radius 1 is 1.36 bits per heavy atom. The van der Waals surface area contributed by atoms with Crippen LogP contribution in [0.25, 0.3) is 0 Å². The number of aromatic amines is 1. The van der Waals surface area contributed by atoms with Gasteiger partial charge in [0.05, 0.1) is 18.4 Å². The molecule has 2 aromatic rings. The average Bonchev–Trinajstić information content (AvgIpc) is 2.56. The summed E-state index contributed by atoms with van der Waals surface area (Å²) in [4.78, 5) is 19.1. The number of fused-ring (bicyclic) bond motifs is 1. The van der Waals surface area contributed by atoms with E-state index >= 15 is 0 Å². The number of rotatable bonds is 3. The molecule has 0 saturated carbocycles. The topological polar surface area (TPSA) is 58.2 Å². The summed E-state index contributed by atoms with van der Waals surface area (Å²) in [5.41, 5.74) is -0.103. The molecule has 0 radical (unpaired) electrons. The molecule has 25 heavy (non-hydrogen) atoms. The highest BCUT2D eigenvalue weighted by molar-refractivity contribution is 5.30. The van der Waals surface area contributed by atoms with Crippen LogP contribution in [-0.2, 0) is 25.7 Å². The molecule has 1 aromatic heterocycles. The van der Waals surface area contributed by atoms with Gasteiger partial charge in [0.25, 0.3) is 5.56 Å². The second kappa shape index (κ2) is 6.47. The third kappa shape index (κ3) is 3.65. The molecule has 0 spiro atoms. The number of aromatic nitrogens is 2. The van der Waals surface area contributed by atoms with Gasteiger partial charge in [-0.1, -0.05) is 0 Å². The normalized spacial score (nSPS) is 15.1. The van der Waals surface area contributed by atoms with E-state index in [9.17, 15) is 22.4 Å². The number of alkyl halides is 3. The van der Waals surface area contributed by atoms with Gasteiger partial charge >= 0.3 is 6.18 Å². The number of benzene rings is 1. The van der Waals surface area contributed by atoms with Gasteiger partial charge in [-0.15, -0.1) is 0 Å². The highest BCUT2D eigenvalue weighted by atomic mass is 19.4. The Bertz CT molecular complexity index is 848. The van der Waals surface area contributed by atoms with E-state index in [1.54, 1.807) is 16.0 Å². The maximum Gasteiger partial charge on any atom is 0.449 e. The lowest BCUT2D eigenvalue weighted by molar-refractivity contribution is -0.145. The molecule has 0 atom stereocenters. The SMILES string of the molecule is COc1ccc(F)c(CN2CCc3nc(C(F)(F)F)[nH]c(=O)c3C2)c1. The van der Waals surface area contributed by atoms with Crippen LogP contribution in [0.15, 0.2) is 23.0 Å². The highest BCUT2D eigenvalue weighted by Gasteiger charge is 2.36. The molecule has 9 heteroatoms. The van der Waals surface area contributed by atoms with E-state index in [1.165, 1.54) is 19.2 Å². The highest BCUT2D eigenvalue weighted by Crippen LogP contribution is 2.27. The van der Waals surface area contributed by atoms with Crippen LogP contribution >= 0.6 is 0 Å². The van der Waals surface area contributed by atoms with Crippen molar-refractivity contribution in [3.8, 4) is 5.75 Å². The predicted octanol–water partition coefficient (Wildman–Crippen LogP) is 2.49. The van der Waals surface area contributed by atoms with Crippen LogP contribution in [0.2, 0.25) is 0 Å². The van der Waals surface area contributed by atoms with Gasteiger partial charge in [-0.05, 0) is 18.2 Å². The van der Waals surface area contributed by atoms with Gasteiger partial charge in [-0.3, -0.25) is 9.69 Å². The Morgan fingerprint density at radius 2 is 2.12 bits per heavy atom. The monoisotopic (exact) mass is 357 g/mol. The number of ether oxygens (including phenoxy) is 1. The van der Waals surface area contributed by atoms with Gasteiger partial charge in [0.15, 0.2) is 0 Å². The van der Waals surface area contributed by atoms with Gasteiger partial charge in [0.1, 0.15) is 11.6 Å². The first-order valence-corrected chi connectivity index (χ1v) is 7.52. The van der Waals surface area contributed by atoms with Gasteiger partial charge in [-0.2, -0.15) is 13.2 Å². The van der Waals surface area contributed by atoms with Gasteiger partial charge in [0.2, 0.25) is 5.82 Å². The van der Waals surface area contributed by atoms with Crippen molar-refractivity contribution in [3.63, 3.8) is 0 Å². The molecule has 0 fully saturated rings. The van der Waals surface area contributed by atoms with Crippen molar-refractivity contribution in [1.82, 2.24) is 14.9 Å². The molecule has 1 aliphatic heterocycles. The molecule has 0 amide bonds. The molecule has 0 aliphatic carbocycles. The molecule has 0 unspecified atom stereocenters. The summed E-state index contributed by atoms with van der Waals surface area (Å²) in [5.74, 6) is -1.20. The Labute approximate surface area is 140 Å². The maximum atomic E-state index is 13.9. The van der Waals surface area contributed by atoms with Crippen LogP contribution in [-0.4, -0.2) is 28.5 Å². The molecule has 0 bridgehead atoms. The molecular weight excluding hydrogens is 342 g/mol. The Morgan fingerprint density at radius 3 is 2.80 bits per heavy atom. The van der Waals surface area contributed by atoms with Crippen molar-refractivity contribution in [2.75, 3.05) is 13.7 Å². The molecule has 1 N–H and O–H groups in total. The van der Waals surface area contributed by atoms with E-state index < -0.39 is 23.4 Å². The predicted molar refractivity (Wildman–Crippen MR) is 80.6 cm³/mol. The van der Waals surface area contributed by atoms with Crippen LogP contribution in [0.3, 0.4) is 0 Å². The van der Waals surface area contributed by atoms with Crippen molar-refractivity contribution in [3.05, 3.63) is 57.0 Å². The minimum absolute atomic E-state index is 0.104. The third-order valence-corrected chi connectivity index (χ3v) is 4.06. The summed E-state index contributed by atoms with van der Waals surface area (Å²) >= 11 is 0. The van der Waals surface area contributed by atoms with E-state index in [1.807, 2.05) is 0 Å². The third-order valence-electron chi connectivity index (χ3n) is 4.06. The van der Waals surface area contributed by atoms with E-state index in [0.29, 0.717) is 17.9 Å². The number of hydrogen-bond donors (Lipinski definition) is 1. The summed E-state index contributed by atoms with van der Waals surface area (Å²) in [6.45, 7) is 0.687. The Kier molecular flexibility index (Phi) is 4.51. The van der Waals surface area contributed by atoms with E-state index in [0.717, 1.165) is 0 Å². The zero-order valence-electron chi connectivity index (χ0n) is 13.3. The summed E-state index contributed by atoms with van der Waals surface area (Å²) in [7, 11) is 1.47. The fraction of sp³-hybridized carbons (Fsp3) is 0.375. The number of halogens is 4. The quantitative estimate of drug-likeness (QED) is 0.858. The molecule has 2 heterocycles. The smallest absolute Gasteiger partial charge is 0.449 e. The van der Waals surface area contributed by atoms with Crippen LogP contribution in [0, 0.1) is 5.82 Å². The van der Waals surface area contributed by atoms with Crippen molar-refractivity contribution in [2.45, 2.75) is 25.7 Å². The Balaban J connectivity index is 1.83. The zero-order valence-corrected chi connectivity index (χ0v) is 13.3. The summed E-state index contributed by atoms with van der Waals surface area (Å²) in [6.07, 6.45) is -4.51. The van der Waals surface area contributed by atoms with Crippen LogP contribution in [0.1, 0.15) is 22.6 Å². The lowest BCUT2D eigenvalue weighted by Gasteiger charge is -2.28. The van der Waals surface area contributed by atoms with E-state index in [4.69, 9.17) is 4.74 Å². The zero-order chi connectivity index (χ0) is 18.2. The molecule has 1 aliphatic rings. The number of methoxy groups -OCH3 is 1. The van der Waals surface area contributed by atoms with Gasteiger partial charge in [-0.25, -0.2) is 9.37 Å². The van der Waals surface area contributed by atoms with Crippen LogP contribution in [0.4, 0.5) is 17.6 Å². The van der Waals surface area contributed by atoms with Crippen LogP contribution in [0.5, 0.6) is 5.75 Å². The summed E-state index contributed by atoms with van der Waals surface area (Å²) in [6, 6.07) is 4.34. The molecule has 134 valence electrons. The maximum absolute atomic E-state index is 13.9. The minimum Gasteiger partial charge on any atom is -0.497 e. The number of H-pyrrole nitrogens is 1. The molecule has 5 nitrogen and oxygen atoms in total. The summed E-state index contributed by atoms with van der Waals surface area (Å²) in [5, 5.41) is 0. The minimum atomic E-state index is -4.70. The number of nitrogens with zero attached hydrogens (tertiary/aromatic N) is 2. The number of nitrogens with one attached hydrogen (secondary N) is 1. The fourth-order valence-corrected chi connectivity index (χ4v) is 2.79. The first-order valence-electron chi connectivity index (χ1n) is 7.52. The first-order chi connectivity index (χ1) is 11.8. The first kappa shape index (κ1) is 17.4. The molecule has 0 saturated heterocycles. The average molecular weight is 357 g/mol. The lowest BCUT2D eigenvalue weighted by atomic mass is 10.1. The summed E-state index contributed by atoms with van der Waals surface area (Å²) < 4.78 is 57.2. The second-order valence-electron chi connectivity index (χ2n) is 5.76. The van der Waals surface area contributed by atoms with E-state index in [2.05, 4.69) is 4.98 Å². The van der Waals surface area contributed by atoms with Crippen LogP contribution < -0.4 is 10.3 Å².